The molecule has 1 aromatic heterocycles. The van der Waals surface area contributed by atoms with Gasteiger partial charge in [-0.3, -0.25) is 4.90 Å². The van der Waals surface area contributed by atoms with Crippen LogP contribution in [0.25, 0.3) is 11.1 Å². The van der Waals surface area contributed by atoms with Gasteiger partial charge in [0.1, 0.15) is 6.10 Å². The number of rotatable bonds is 7. The normalized spacial score (nSPS) is 17.3. The Hall–Kier alpha value is -1.64. The van der Waals surface area contributed by atoms with Gasteiger partial charge < -0.3 is 19.5 Å². The van der Waals surface area contributed by atoms with Gasteiger partial charge in [-0.05, 0) is 63.1 Å². The number of pyridine rings is 1. The van der Waals surface area contributed by atoms with E-state index in [1.54, 1.807) is 12.3 Å². The quantitative estimate of drug-likeness (QED) is 0.653. The Bertz CT molecular complexity index is 926. The van der Waals surface area contributed by atoms with E-state index < -0.39 is 5.97 Å². The van der Waals surface area contributed by atoms with E-state index in [2.05, 4.69) is 34.8 Å². The van der Waals surface area contributed by atoms with Crippen LogP contribution in [-0.4, -0.2) is 103 Å². The number of hydrogen-bond donors (Lipinski definition) is 1. The fraction of sp³-hybridized carbons (Fsp3) is 0.500. The van der Waals surface area contributed by atoms with Crippen molar-refractivity contribution in [1.82, 2.24) is 9.88 Å². The Morgan fingerprint density at radius 1 is 1.25 bits per heavy atom. The molecule has 167 valence electrons. The number of likely N-dealkylation sites (tertiary alicyclic amines) is 1. The van der Waals surface area contributed by atoms with Crippen molar-refractivity contribution in [3.63, 3.8) is 0 Å². The zero-order chi connectivity index (χ0) is 22.0. The number of likely N-dealkylation sites (N-methyl/N-ethyl adjacent to an activating group) is 1. The van der Waals surface area contributed by atoms with Gasteiger partial charge in [0.25, 0.3) is 0 Å². The Labute approximate surface area is 212 Å². The second kappa shape index (κ2) is 11.0. The van der Waals surface area contributed by atoms with Gasteiger partial charge in [0.2, 0.25) is 5.88 Å². The van der Waals surface area contributed by atoms with E-state index in [9.17, 15) is 9.90 Å². The zero-order valence-corrected chi connectivity index (χ0v) is 21.5. The molecule has 1 aromatic carbocycles. The van der Waals surface area contributed by atoms with Crippen LogP contribution in [0.1, 0.15) is 35.7 Å². The van der Waals surface area contributed by atoms with E-state index in [0.717, 1.165) is 68.1 Å². The smallest absolute Gasteiger partial charge is 0.336 e. The molecule has 32 heavy (non-hydrogen) atoms. The average Bonchev–Trinajstić information content (AvgIpc) is 2.75. The maximum absolute atomic E-state index is 12.0. The number of benzene rings is 1. The SMILES string of the molecule is CCN(c1cc(-c2ccc(OC3CN(C)C3)nc2)cc(C(=O)O)c1C)C1CCOCC1.[Na]. The predicted octanol–water partition coefficient (Wildman–Crippen LogP) is 3.07. The van der Waals surface area contributed by atoms with Crippen LogP contribution < -0.4 is 9.64 Å². The van der Waals surface area contributed by atoms with Crippen molar-refractivity contribution in [2.75, 3.05) is 44.8 Å². The minimum Gasteiger partial charge on any atom is -0.478 e. The summed E-state index contributed by atoms with van der Waals surface area (Å²) in [5.41, 5.74) is 3.83. The topological polar surface area (TPSA) is 75.1 Å². The molecule has 2 aliphatic heterocycles. The molecular formula is C24H31N3NaO4. The van der Waals surface area contributed by atoms with Crippen LogP contribution in [0.2, 0.25) is 0 Å². The summed E-state index contributed by atoms with van der Waals surface area (Å²) in [6, 6.07) is 8.01. The molecule has 7 nitrogen and oxygen atoms in total. The Balaban J connectivity index is 0.00000289. The molecule has 4 rings (SSSR count). The molecule has 2 aromatic rings. The number of aromatic carboxylic acids is 1. The molecule has 2 aliphatic rings. The summed E-state index contributed by atoms with van der Waals surface area (Å²) >= 11 is 0. The third-order valence-electron chi connectivity index (χ3n) is 6.28. The van der Waals surface area contributed by atoms with Gasteiger partial charge >= 0.3 is 5.97 Å². The third-order valence-corrected chi connectivity index (χ3v) is 6.28. The molecule has 2 fully saturated rings. The van der Waals surface area contributed by atoms with Crippen molar-refractivity contribution in [2.24, 2.45) is 0 Å². The molecule has 0 spiro atoms. The molecule has 2 saturated heterocycles. The summed E-state index contributed by atoms with van der Waals surface area (Å²) in [4.78, 5) is 21.0. The predicted molar refractivity (Wildman–Crippen MR) is 126 cm³/mol. The summed E-state index contributed by atoms with van der Waals surface area (Å²) < 4.78 is 11.4. The number of carboxylic acid groups (broad SMARTS) is 1. The molecule has 0 amide bonds. The first kappa shape index (κ1) is 25.0. The number of aromatic nitrogens is 1. The molecule has 0 aliphatic carbocycles. The van der Waals surface area contributed by atoms with E-state index >= 15 is 0 Å². The van der Waals surface area contributed by atoms with Gasteiger partial charge in [-0.1, -0.05) is 0 Å². The van der Waals surface area contributed by atoms with Crippen molar-refractivity contribution in [1.29, 1.82) is 0 Å². The number of hydrogen-bond acceptors (Lipinski definition) is 6. The Kier molecular flexibility index (Phi) is 8.58. The van der Waals surface area contributed by atoms with Crippen molar-refractivity contribution >= 4 is 41.2 Å². The van der Waals surface area contributed by atoms with Gasteiger partial charge in [-0.2, -0.15) is 0 Å². The minimum atomic E-state index is -0.911. The molecule has 0 saturated carbocycles. The minimum absolute atomic E-state index is 0. The first-order chi connectivity index (χ1) is 15.0. The molecule has 1 N–H and O–H groups in total. The fourth-order valence-corrected chi connectivity index (χ4v) is 4.52. The maximum Gasteiger partial charge on any atom is 0.336 e. The van der Waals surface area contributed by atoms with Crippen LogP contribution in [0.3, 0.4) is 0 Å². The first-order valence-corrected chi connectivity index (χ1v) is 11.0. The number of carbonyl (C=O) groups is 1. The Morgan fingerprint density at radius 3 is 2.53 bits per heavy atom. The maximum atomic E-state index is 12.0. The summed E-state index contributed by atoms with van der Waals surface area (Å²) in [7, 11) is 2.06. The second-order valence-electron chi connectivity index (χ2n) is 8.45. The van der Waals surface area contributed by atoms with Crippen LogP contribution >= 0.6 is 0 Å². The van der Waals surface area contributed by atoms with Gasteiger partial charge in [0.05, 0.1) is 5.56 Å². The van der Waals surface area contributed by atoms with Crippen molar-refractivity contribution in [3.8, 4) is 17.0 Å². The molecule has 8 heteroatoms. The van der Waals surface area contributed by atoms with Crippen molar-refractivity contribution < 1.29 is 19.4 Å². The second-order valence-corrected chi connectivity index (χ2v) is 8.45. The average molecular weight is 449 g/mol. The number of nitrogens with zero attached hydrogens (tertiary/aromatic N) is 3. The van der Waals surface area contributed by atoms with Crippen molar-refractivity contribution in [2.45, 2.75) is 38.8 Å². The van der Waals surface area contributed by atoms with Crippen LogP contribution in [0.15, 0.2) is 30.5 Å². The summed E-state index contributed by atoms with van der Waals surface area (Å²) in [6.45, 7) is 8.14. The number of anilines is 1. The number of carboxylic acids is 1. The summed E-state index contributed by atoms with van der Waals surface area (Å²) in [6.07, 6.45) is 3.85. The van der Waals surface area contributed by atoms with E-state index in [1.165, 1.54) is 0 Å². The molecule has 3 heterocycles. The fourth-order valence-electron chi connectivity index (χ4n) is 4.52. The molecule has 0 bridgehead atoms. The molecule has 0 atom stereocenters. The molecule has 1 radical (unpaired) electrons. The van der Waals surface area contributed by atoms with E-state index in [4.69, 9.17) is 9.47 Å². The first-order valence-electron chi connectivity index (χ1n) is 11.0. The van der Waals surface area contributed by atoms with E-state index in [1.807, 2.05) is 19.1 Å². The third kappa shape index (κ3) is 5.46. The molecule has 0 unspecified atom stereocenters. The van der Waals surface area contributed by atoms with Gasteiger partial charge in [-0.15, -0.1) is 0 Å². The van der Waals surface area contributed by atoms with Gasteiger partial charge in [0.15, 0.2) is 0 Å². The zero-order valence-electron chi connectivity index (χ0n) is 19.5. The van der Waals surface area contributed by atoms with E-state index in [0.29, 0.717) is 17.5 Å². The van der Waals surface area contributed by atoms with Crippen LogP contribution in [0, 0.1) is 6.92 Å². The van der Waals surface area contributed by atoms with Crippen LogP contribution in [-0.2, 0) is 4.74 Å². The van der Waals surface area contributed by atoms with Gasteiger partial charge in [0, 0.05) is 92.0 Å². The number of ether oxygens (including phenoxy) is 2. The largest absolute Gasteiger partial charge is 0.478 e. The van der Waals surface area contributed by atoms with Gasteiger partial charge in [-0.25, -0.2) is 9.78 Å². The Morgan fingerprint density at radius 2 is 1.97 bits per heavy atom. The van der Waals surface area contributed by atoms with Crippen molar-refractivity contribution in [3.05, 3.63) is 41.6 Å². The molecular weight excluding hydrogens is 417 g/mol. The van der Waals surface area contributed by atoms with Crippen LogP contribution in [0.4, 0.5) is 5.69 Å². The summed E-state index contributed by atoms with van der Waals surface area (Å²) in [5.74, 6) is -0.310. The summed E-state index contributed by atoms with van der Waals surface area (Å²) in [5, 5.41) is 9.85. The monoisotopic (exact) mass is 448 g/mol. The van der Waals surface area contributed by atoms with E-state index in [-0.39, 0.29) is 35.7 Å². The standard InChI is InChI=1S/C24H31N3O4.Na/c1-4-27(19-7-9-30-10-8-19)22-12-18(11-21(16(22)2)24(28)29)17-5-6-23(25-13-17)31-20-14-26(3)15-20;/h5-6,11-13,19-20H,4,7-10,14-15H2,1-3H3,(H,28,29);. The van der Waals surface area contributed by atoms with Crippen LogP contribution in [0.5, 0.6) is 5.88 Å².